The van der Waals surface area contributed by atoms with Crippen molar-refractivity contribution in [3.05, 3.63) is 63.6 Å². The van der Waals surface area contributed by atoms with Gasteiger partial charge in [-0.1, -0.05) is 43.0 Å². The molecule has 0 saturated carbocycles. The maximum Gasteiger partial charge on any atom is 0.267 e. The van der Waals surface area contributed by atoms with Crippen LogP contribution in [0.4, 0.5) is 0 Å². The van der Waals surface area contributed by atoms with E-state index in [1.807, 2.05) is 6.92 Å². The number of ether oxygens (including phenoxy) is 1. The lowest BCUT2D eigenvalue weighted by molar-refractivity contribution is -0.131. The number of unbranched alkanes of at least 4 members (excludes halogenated alkanes) is 1. The largest absolute Gasteiger partial charge is 0.496 e. The SMILES string of the molecule is CCCCC1C(=O)NC/C(=C\c2cc(Cl)ccc2OC)C(=O)N1S(=O)(=O)c1ccc(Cl)cc1. The van der Waals surface area contributed by atoms with Gasteiger partial charge in [0.1, 0.15) is 11.8 Å². The van der Waals surface area contributed by atoms with Crippen molar-refractivity contribution < 1.29 is 22.7 Å². The number of carbonyl (C=O) groups excluding carboxylic acids is 2. The third-order valence-corrected chi connectivity index (χ3v) is 7.53. The molecule has 0 aromatic heterocycles. The predicted molar refractivity (Wildman–Crippen MR) is 128 cm³/mol. The molecule has 33 heavy (non-hydrogen) atoms. The molecule has 10 heteroatoms. The van der Waals surface area contributed by atoms with E-state index in [0.717, 1.165) is 6.42 Å². The number of hydrogen-bond donors (Lipinski definition) is 1. The van der Waals surface area contributed by atoms with Gasteiger partial charge in [-0.15, -0.1) is 0 Å². The number of sulfonamides is 1. The first kappa shape index (κ1) is 25.1. The second-order valence-corrected chi connectivity index (χ2v) is 10.2. The van der Waals surface area contributed by atoms with E-state index in [4.69, 9.17) is 27.9 Å². The molecule has 2 amide bonds. The van der Waals surface area contributed by atoms with E-state index >= 15 is 0 Å². The number of amides is 2. The van der Waals surface area contributed by atoms with E-state index in [9.17, 15) is 18.0 Å². The van der Waals surface area contributed by atoms with Crippen molar-refractivity contribution in [3.8, 4) is 5.75 Å². The summed E-state index contributed by atoms with van der Waals surface area (Å²) in [5.41, 5.74) is 0.568. The number of halogens is 2. The summed E-state index contributed by atoms with van der Waals surface area (Å²) in [5.74, 6) is -0.868. The van der Waals surface area contributed by atoms with Gasteiger partial charge in [-0.05, 0) is 55.0 Å². The van der Waals surface area contributed by atoms with Gasteiger partial charge >= 0.3 is 0 Å². The molecule has 0 aliphatic carbocycles. The van der Waals surface area contributed by atoms with Gasteiger partial charge in [0.15, 0.2) is 0 Å². The molecule has 176 valence electrons. The van der Waals surface area contributed by atoms with Gasteiger partial charge in [0, 0.05) is 27.7 Å². The molecule has 2 aromatic carbocycles. The molecule has 1 aliphatic rings. The van der Waals surface area contributed by atoms with Gasteiger partial charge in [0.05, 0.1) is 12.0 Å². The summed E-state index contributed by atoms with van der Waals surface area (Å²) in [6, 6.07) is 9.17. The molecule has 1 unspecified atom stereocenters. The van der Waals surface area contributed by atoms with Crippen molar-refractivity contribution >= 4 is 51.1 Å². The minimum atomic E-state index is -4.35. The smallest absolute Gasteiger partial charge is 0.267 e. The minimum absolute atomic E-state index is 0.0838. The molecule has 3 rings (SSSR count). The van der Waals surface area contributed by atoms with Crippen molar-refractivity contribution in [2.24, 2.45) is 0 Å². The molecule has 1 saturated heterocycles. The summed E-state index contributed by atoms with van der Waals surface area (Å²) in [7, 11) is -2.87. The zero-order chi connectivity index (χ0) is 24.2. The Morgan fingerprint density at radius 2 is 1.79 bits per heavy atom. The number of nitrogens with zero attached hydrogens (tertiary/aromatic N) is 1. The molecule has 0 spiro atoms. The van der Waals surface area contributed by atoms with Crippen LogP contribution in [0.5, 0.6) is 5.75 Å². The van der Waals surface area contributed by atoms with Crippen LogP contribution in [0, 0.1) is 0 Å². The zero-order valence-electron chi connectivity index (χ0n) is 18.2. The van der Waals surface area contributed by atoms with Crippen LogP contribution in [0.1, 0.15) is 31.7 Å². The van der Waals surface area contributed by atoms with E-state index in [1.54, 1.807) is 18.2 Å². The quantitative estimate of drug-likeness (QED) is 0.560. The van der Waals surface area contributed by atoms with Crippen LogP contribution in [-0.4, -0.2) is 44.2 Å². The Balaban J connectivity index is 2.15. The van der Waals surface area contributed by atoms with E-state index in [0.29, 0.717) is 32.1 Å². The second-order valence-electron chi connectivity index (χ2n) is 7.49. The Labute approximate surface area is 203 Å². The van der Waals surface area contributed by atoms with Crippen LogP contribution in [0.3, 0.4) is 0 Å². The molecule has 1 N–H and O–H groups in total. The average Bonchev–Trinajstić information content (AvgIpc) is 2.90. The minimum Gasteiger partial charge on any atom is -0.496 e. The molecule has 7 nitrogen and oxygen atoms in total. The first-order valence-corrected chi connectivity index (χ1v) is 12.5. The molecule has 1 fully saturated rings. The fourth-order valence-corrected chi connectivity index (χ4v) is 5.41. The van der Waals surface area contributed by atoms with Crippen LogP contribution in [-0.2, 0) is 19.6 Å². The van der Waals surface area contributed by atoms with E-state index in [1.165, 1.54) is 37.5 Å². The molecular formula is C23H24Cl2N2O5S. The molecule has 1 aliphatic heterocycles. The van der Waals surface area contributed by atoms with Gasteiger partial charge in [0.25, 0.3) is 15.9 Å². The Hall–Kier alpha value is -2.55. The molecule has 0 bridgehead atoms. The lowest BCUT2D eigenvalue weighted by Crippen LogP contribution is -2.49. The fraction of sp³-hybridized carbons (Fsp3) is 0.304. The Bertz CT molecular complexity index is 1180. The molecule has 1 atom stereocenters. The van der Waals surface area contributed by atoms with Crippen LogP contribution >= 0.6 is 23.2 Å². The van der Waals surface area contributed by atoms with Crippen LogP contribution in [0.2, 0.25) is 10.0 Å². The highest BCUT2D eigenvalue weighted by Crippen LogP contribution is 2.29. The highest BCUT2D eigenvalue weighted by molar-refractivity contribution is 7.89. The van der Waals surface area contributed by atoms with E-state index in [2.05, 4.69) is 5.32 Å². The monoisotopic (exact) mass is 510 g/mol. The van der Waals surface area contributed by atoms with Crippen LogP contribution < -0.4 is 10.1 Å². The third-order valence-electron chi connectivity index (χ3n) is 5.24. The number of nitrogens with one attached hydrogen (secondary N) is 1. The highest BCUT2D eigenvalue weighted by atomic mass is 35.5. The van der Waals surface area contributed by atoms with Gasteiger partial charge in [-0.2, -0.15) is 0 Å². The number of methoxy groups -OCH3 is 1. The first-order chi connectivity index (χ1) is 15.7. The number of hydrogen-bond acceptors (Lipinski definition) is 5. The third kappa shape index (κ3) is 5.51. The maximum absolute atomic E-state index is 13.6. The van der Waals surface area contributed by atoms with E-state index in [-0.39, 0.29) is 23.4 Å². The maximum atomic E-state index is 13.6. The first-order valence-electron chi connectivity index (χ1n) is 10.3. The number of carbonyl (C=O) groups is 2. The summed E-state index contributed by atoms with van der Waals surface area (Å²) in [6.45, 7) is 1.79. The Kier molecular flexibility index (Phi) is 8.05. The molecule has 1 heterocycles. The summed E-state index contributed by atoms with van der Waals surface area (Å²) >= 11 is 12.0. The van der Waals surface area contributed by atoms with Gasteiger partial charge in [-0.25, -0.2) is 12.7 Å². The van der Waals surface area contributed by atoms with Crippen molar-refractivity contribution in [2.75, 3.05) is 13.7 Å². The molecule has 2 aromatic rings. The number of rotatable bonds is 7. The highest BCUT2D eigenvalue weighted by Gasteiger charge is 2.42. The Morgan fingerprint density at radius 3 is 2.42 bits per heavy atom. The summed E-state index contributed by atoms with van der Waals surface area (Å²) in [6.07, 6.45) is 2.99. The average molecular weight is 511 g/mol. The summed E-state index contributed by atoms with van der Waals surface area (Å²) in [5, 5.41) is 3.46. The molecular weight excluding hydrogens is 487 g/mol. The van der Waals surface area contributed by atoms with Gasteiger partial charge in [-0.3, -0.25) is 9.59 Å². The zero-order valence-corrected chi connectivity index (χ0v) is 20.5. The fourth-order valence-electron chi connectivity index (χ4n) is 3.53. The molecule has 0 radical (unpaired) electrons. The van der Waals surface area contributed by atoms with Crippen molar-refractivity contribution in [3.63, 3.8) is 0 Å². The van der Waals surface area contributed by atoms with Gasteiger partial charge < -0.3 is 10.1 Å². The summed E-state index contributed by atoms with van der Waals surface area (Å²) in [4.78, 5) is 26.4. The van der Waals surface area contributed by atoms with Crippen LogP contribution in [0.25, 0.3) is 6.08 Å². The normalized spacial score (nSPS) is 18.2. The van der Waals surface area contributed by atoms with Crippen molar-refractivity contribution in [1.29, 1.82) is 0 Å². The van der Waals surface area contributed by atoms with Crippen molar-refractivity contribution in [1.82, 2.24) is 9.62 Å². The predicted octanol–water partition coefficient (Wildman–Crippen LogP) is 4.29. The second kappa shape index (κ2) is 10.6. The van der Waals surface area contributed by atoms with Crippen LogP contribution in [0.15, 0.2) is 52.9 Å². The van der Waals surface area contributed by atoms with Crippen molar-refractivity contribution in [2.45, 2.75) is 37.1 Å². The standard InChI is InChI=1S/C23H24Cl2N2O5S/c1-3-4-5-20-22(28)26-14-16(12-15-13-18(25)8-11-21(15)32-2)23(29)27(20)33(30,31)19-9-6-17(24)7-10-19/h6-13,20H,3-5,14H2,1-2H3,(H,26,28)/b16-12+. The summed E-state index contributed by atoms with van der Waals surface area (Å²) < 4.78 is 33.2. The lowest BCUT2D eigenvalue weighted by atomic mass is 10.1. The van der Waals surface area contributed by atoms with E-state index < -0.39 is 27.9 Å². The lowest BCUT2D eigenvalue weighted by Gasteiger charge is -2.28. The number of benzene rings is 2. The topological polar surface area (TPSA) is 92.8 Å². The van der Waals surface area contributed by atoms with Gasteiger partial charge in [0.2, 0.25) is 5.91 Å². The Morgan fingerprint density at radius 1 is 1.12 bits per heavy atom.